The van der Waals surface area contributed by atoms with Crippen LogP contribution in [0, 0.1) is 5.82 Å². The lowest BCUT2D eigenvalue weighted by molar-refractivity contribution is 0.256. The second kappa shape index (κ2) is 6.43. The number of hydrogen-bond donors (Lipinski definition) is 1. The third kappa shape index (κ3) is 3.42. The summed E-state index contributed by atoms with van der Waals surface area (Å²) < 4.78 is 13.6. The Kier molecular flexibility index (Phi) is 4.86. The van der Waals surface area contributed by atoms with Crippen molar-refractivity contribution in [1.29, 1.82) is 0 Å². The Hall–Kier alpha value is -1.30. The van der Waals surface area contributed by atoms with E-state index in [0.29, 0.717) is 11.6 Å². The van der Waals surface area contributed by atoms with Gasteiger partial charge in [0.2, 0.25) is 0 Å². The van der Waals surface area contributed by atoms with E-state index in [4.69, 9.17) is 18.0 Å². The summed E-state index contributed by atoms with van der Waals surface area (Å²) in [7, 11) is 2.05. The van der Waals surface area contributed by atoms with Gasteiger partial charge in [0.25, 0.3) is 0 Å². The van der Waals surface area contributed by atoms with Crippen LogP contribution in [-0.4, -0.2) is 16.9 Å². The topological polar surface area (TPSA) is 29.3 Å². The molecular weight excluding hydrogens is 291 g/mol. The van der Waals surface area contributed by atoms with E-state index in [1.54, 1.807) is 23.5 Å². The maximum Gasteiger partial charge on any atom is 0.133 e. The van der Waals surface area contributed by atoms with E-state index in [0.717, 1.165) is 12.1 Å². The van der Waals surface area contributed by atoms with Gasteiger partial charge in [0.05, 0.1) is 0 Å². The zero-order chi connectivity index (χ0) is 14.7. The van der Waals surface area contributed by atoms with E-state index in [9.17, 15) is 4.39 Å². The average Bonchev–Trinajstić information content (AvgIpc) is 2.93. The van der Waals surface area contributed by atoms with Crippen molar-refractivity contribution in [2.24, 2.45) is 5.73 Å². The highest BCUT2D eigenvalue weighted by Crippen LogP contribution is 2.25. The second-order valence-electron chi connectivity index (χ2n) is 4.78. The lowest BCUT2D eigenvalue weighted by atomic mass is 10.1. The molecule has 0 amide bonds. The van der Waals surface area contributed by atoms with Crippen LogP contribution in [0.15, 0.2) is 35.7 Å². The standard InChI is InChI=1S/C15H17FN2S2/c1-10(14-4-3-7-20-14)18(2)9-11-5-6-13(16)12(8-11)15(17)19/h3-8,10H,9H2,1-2H3,(H2,17,19). The van der Waals surface area contributed by atoms with Gasteiger partial charge in [-0.15, -0.1) is 11.3 Å². The summed E-state index contributed by atoms with van der Waals surface area (Å²) in [6, 6.07) is 9.41. The van der Waals surface area contributed by atoms with Crippen LogP contribution in [-0.2, 0) is 6.54 Å². The Balaban J connectivity index is 2.13. The quantitative estimate of drug-likeness (QED) is 0.854. The molecule has 2 N–H and O–H groups in total. The number of thiocarbonyl (C=S) groups is 1. The number of thiophene rings is 1. The molecule has 0 aliphatic rings. The minimum absolute atomic E-state index is 0.0957. The summed E-state index contributed by atoms with van der Waals surface area (Å²) in [5, 5.41) is 2.07. The van der Waals surface area contributed by atoms with E-state index in [1.807, 2.05) is 13.1 Å². The molecule has 1 unspecified atom stereocenters. The summed E-state index contributed by atoms with van der Waals surface area (Å²) >= 11 is 6.60. The van der Waals surface area contributed by atoms with Gasteiger partial charge in [-0.3, -0.25) is 4.90 Å². The summed E-state index contributed by atoms with van der Waals surface area (Å²) in [5.74, 6) is -0.366. The zero-order valence-corrected chi connectivity index (χ0v) is 13.1. The fourth-order valence-corrected chi connectivity index (χ4v) is 3.04. The number of nitrogens with zero attached hydrogens (tertiary/aromatic N) is 1. The lowest BCUT2D eigenvalue weighted by Crippen LogP contribution is -2.21. The fraction of sp³-hybridized carbons (Fsp3) is 0.267. The Bertz CT molecular complexity index is 596. The van der Waals surface area contributed by atoms with Crippen molar-refractivity contribution in [2.75, 3.05) is 7.05 Å². The molecule has 1 aromatic heterocycles. The largest absolute Gasteiger partial charge is 0.389 e. The molecule has 2 nitrogen and oxygen atoms in total. The summed E-state index contributed by atoms with van der Waals surface area (Å²) in [6.45, 7) is 2.87. The first-order valence-electron chi connectivity index (χ1n) is 6.31. The van der Waals surface area contributed by atoms with E-state index in [1.165, 1.54) is 10.9 Å². The van der Waals surface area contributed by atoms with Gasteiger partial charge >= 0.3 is 0 Å². The molecular formula is C15H17FN2S2. The molecule has 1 atom stereocenters. The number of benzene rings is 1. The van der Waals surface area contributed by atoms with E-state index >= 15 is 0 Å². The first-order chi connectivity index (χ1) is 9.49. The Morgan fingerprint density at radius 3 is 2.80 bits per heavy atom. The highest BCUT2D eigenvalue weighted by molar-refractivity contribution is 7.80. The highest BCUT2D eigenvalue weighted by atomic mass is 32.1. The fourth-order valence-electron chi connectivity index (χ4n) is 2.03. The minimum Gasteiger partial charge on any atom is -0.389 e. The van der Waals surface area contributed by atoms with Crippen LogP contribution in [0.1, 0.15) is 29.0 Å². The lowest BCUT2D eigenvalue weighted by Gasteiger charge is -2.24. The molecule has 1 aromatic carbocycles. The second-order valence-corrected chi connectivity index (χ2v) is 6.20. The van der Waals surface area contributed by atoms with Gasteiger partial charge in [-0.25, -0.2) is 4.39 Å². The minimum atomic E-state index is -0.366. The number of halogens is 1. The smallest absolute Gasteiger partial charge is 0.133 e. The maximum absolute atomic E-state index is 13.6. The van der Waals surface area contributed by atoms with Crippen molar-refractivity contribution in [3.8, 4) is 0 Å². The van der Waals surface area contributed by atoms with Crippen LogP contribution in [0.4, 0.5) is 4.39 Å². The van der Waals surface area contributed by atoms with Crippen LogP contribution >= 0.6 is 23.6 Å². The van der Waals surface area contributed by atoms with Crippen molar-refractivity contribution >= 4 is 28.5 Å². The predicted octanol–water partition coefficient (Wildman–Crippen LogP) is 3.71. The van der Waals surface area contributed by atoms with Crippen molar-refractivity contribution in [1.82, 2.24) is 4.90 Å². The van der Waals surface area contributed by atoms with Gasteiger partial charge in [-0.05, 0) is 43.1 Å². The molecule has 1 heterocycles. The normalized spacial score (nSPS) is 12.6. The van der Waals surface area contributed by atoms with Gasteiger partial charge in [0.1, 0.15) is 10.8 Å². The van der Waals surface area contributed by atoms with Crippen molar-refractivity contribution in [3.63, 3.8) is 0 Å². The van der Waals surface area contributed by atoms with Crippen molar-refractivity contribution in [3.05, 3.63) is 57.5 Å². The number of rotatable bonds is 5. The first-order valence-corrected chi connectivity index (χ1v) is 7.59. The molecule has 0 spiro atoms. The van der Waals surface area contributed by atoms with Crippen LogP contribution in [0.3, 0.4) is 0 Å². The molecule has 0 fully saturated rings. The molecule has 0 bridgehead atoms. The maximum atomic E-state index is 13.6. The van der Waals surface area contributed by atoms with Gasteiger partial charge in [0, 0.05) is 23.0 Å². The van der Waals surface area contributed by atoms with Gasteiger partial charge in [-0.2, -0.15) is 0 Å². The SMILES string of the molecule is CC(c1cccs1)N(C)Cc1ccc(F)c(C(N)=S)c1. The molecule has 106 valence electrons. The molecule has 0 saturated heterocycles. The molecule has 0 radical (unpaired) electrons. The molecule has 0 aliphatic carbocycles. The number of nitrogens with two attached hydrogens (primary N) is 1. The number of hydrogen-bond acceptors (Lipinski definition) is 3. The van der Waals surface area contributed by atoms with E-state index in [-0.39, 0.29) is 10.8 Å². The third-order valence-corrected chi connectivity index (χ3v) is 4.61. The Labute approximate surface area is 128 Å². The van der Waals surface area contributed by atoms with E-state index in [2.05, 4.69) is 23.3 Å². The summed E-state index contributed by atoms with van der Waals surface area (Å²) in [4.78, 5) is 3.62. The summed E-state index contributed by atoms with van der Waals surface area (Å²) in [6.07, 6.45) is 0. The third-order valence-electron chi connectivity index (χ3n) is 3.34. The molecule has 0 aliphatic heterocycles. The van der Waals surface area contributed by atoms with E-state index < -0.39 is 0 Å². The van der Waals surface area contributed by atoms with Gasteiger partial charge in [-0.1, -0.05) is 24.4 Å². The van der Waals surface area contributed by atoms with Crippen LogP contribution in [0.25, 0.3) is 0 Å². The van der Waals surface area contributed by atoms with Gasteiger partial charge in [0.15, 0.2) is 0 Å². The van der Waals surface area contributed by atoms with Gasteiger partial charge < -0.3 is 5.73 Å². The summed E-state index contributed by atoms with van der Waals surface area (Å²) in [5.41, 5.74) is 6.85. The van der Waals surface area contributed by atoms with Crippen molar-refractivity contribution < 1.29 is 4.39 Å². The van der Waals surface area contributed by atoms with Crippen LogP contribution < -0.4 is 5.73 Å². The van der Waals surface area contributed by atoms with Crippen LogP contribution in [0.2, 0.25) is 0 Å². The molecule has 2 rings (SSSR count). The monoisotopic (exact) mass is 308 g/mol. The first kappa shape index (κ1) is 15.1. The highest BCUT2D eigenvalue weighted by Gasteiger charge is 2.14. The molecule has 5 heteroatoms. The Morgan fingerprint density at radius 2 is 2.20 bits per heavy atom. The van der Waals surface area contributed by atoms with Crippen molar-refractivity contribution in [2.45, 2.75) is 19.5 Å². The average molecular weight is 308 g/mol. The molecule has 0 saturated carbocycles. The predicted molar refractivity (Wildman–Crippen MR) is 86.5 cm³/mol. The molecule has 2 aromatic rings. The van der Waals surface area contributed by atoms with Crippen LogP contribution in [0.5, 0.6) is 0 Å². The molecule has 20 heavy (non-hydrogen) atoms. The zero-order valence-electron chi connectivity index (χ0n) is 11.5. The Morgan fingerprint density at radius 1 is 1.45 bits per heavy atom.